The maximum atomic E-state index is 11.4. The fourth-order valence-corrected chi connectivity index (χ4v) is 1.44. The Morgan fingerprint density at radius 1 is 1.25 bits per heavy atom. The fraction of sp³-hybridized carbons (Fsp3) is 0.357. The smallest absolute Gasteiger partial charge is 0.410 e. The fourth-order valence-electron chi connectivity index (χ4n) is 1.44. The van der Waals surface area contributed by atoms with Gasteiger partial charge < -0.3 is 15.4 Å². The van der Waals surface area contributed by atoms with E-state index in [1.54, 1.807) is 18.2 Å². The van der Waals surface area contributed by atoms with Gasteiger partial charge in [-0.05, 0) is 32.9 Å². The minimum atomic E-state index is -0.563. The number of rotatable bonds is 5. The third-order valence-electron chi connectivity index (χ3n) is 2.14. The van der Waals surface area contributed by atoms with Crippen LogP contribution in [0.4, 0.5) is 10.5 Å². The summed E-state index contributed by atoms with van der Waals surface area (Å²) in [6, 6.07) is 6.37. The standard InChI is InChI=1S/C14H18N2O4/c1-9(2)15-14(19)20-12-6-4-5-11(8-12)16-13(18)7-10(3)17/h4-6,8-9H,7H2,1-3H3,(H,15,19)(H,16,18). The molecule has 0 heterocycles. The second-order valence-corrected chi connectivity index (χ2v) is 4.64. The monoisotopic (exact) mass is 278 g/mol. The number of ketones is 1. The molecule has 2 amide bonds. The van der Waals surface area contributed by atoms with Gasteiger partial charge in [0.15, 0.2) is 0 Å². The van der Waals surface area contributed by atoms with Crippen molar-refractivity contribution in [1.29, 1.82) is 0 Å². The third-order valence-corrected chi connectivity index (χ3v) is 2.14. The molecule has 0 bridgehead atoms. The van der Waals surface area contributed by atoms with Crippen LogP contribution in [-0.2, 0) is 9.59 Å². The summed E-state index contributed by atoms with van der Waals surface area (Å²) in [6.07, 6.45) is -0.744. The molecule has 0 aromatic heterocycles. The van der Waals surface area contributed by atoms with E-state index in [1.165, 1.54) is 13.0 Å². The van der Waals surface area contributed by atoms with Gasteiger partial charge in [-0.1, -0.05) is 6.07 Å². The Bertz CT molecular complexity index is 512. The molecular formula is C14H18N2O4. The summed E-state index contributed by atoms with van der Waals surface area (Å²) < 4.78 is 5.06. The van der Waals surface area contributed by atoms with Crippen LogP contribution in [0.5, 0.6) is 5.75 Å². The van der Waals surface area contributed by atoms with Crippen LogP contribution in [0.3, 0.4) is 0 Å². The molecule has 0 aliphatic rings. The Balaban J connectivity index is 2.64. The molecule has 0 unspecified atom stereocenters. The molecule has 1 aromatic rings. The van der Waals surface area contributed by atoms with Crippen molar-refractivity contribution in [2.45, 2.75) is 33.2 Å². The zero-order chi connectivity index (χ0) is 15.1. The summed E-state index contributed by atoms with van der Waals surface area (Å²) in [5.74, 6) is -0.309. The minimum absolute atomic E-state index is 0.0269. The second kappa shape index (κ2) is 7.28. The largest absolute Gasteiger partial charge is 0.412 e. The van der Waals surface area contributed by atoms with E-state index in [2.05, 4.69) is 10.6 Å². The van der Waals surface area contributed by atoms with Gasteiger partial charge in [0.05, 0.1) is 6.42 Å². The van der Waals surface area contributed by atoms with Crippen LogP contribution < -0.4 is 15.4 Å². The number of benzene rings is 1. The molecule has 20 heavy (non-hydrogen) atoms. The molecule has 0 atom stereocenters. The maximum absolute atomic E-state index is 11.4. The third kappa shape index (κ3) is 5.99. The van der Waals surface area contributed by atoms with Gasteiger partial charge in [0.1, 0.15) is 11.5 Å². The molecule has 6 heteroatoms. The highest BCUT2D eigenvalue weighted by Gasteiger charge is 2.08. The lowest BCUT2D eigenvalue weighted by Crippen LogP contribution is -2.32. The minimum Gasteiger partial charge on any atom is -0.410 e. The molecule has 0 radical (unpaired) electrons. The summed E-state index contributed by atoms with van der Waals surface area (Å²) in [6.45, 7) is 4.98. The Morgan fingerprint density at radius 3 is 2.55 bits per heavy atom. The molecule has 0 saturated heterocycles. The number of carbonyl (C=O) groups excluding carboxylic acids is 3. The summed E-state index contributed by atoms with van der Waals surface area (Å²) in [7, 11) is 0. The van der Waals surface area contributed by atoms with Gasteiger partial charge in [-0.3, -0.25) is 9.59 Å². The van der Waals surface area contributed by atoms with Gasteiger partial charge >= 0.3 is 6.09 Å². The highest BCUT2D eigenvalue weighted by Crippen LogP contribution is 2.17. The molecule has 2 N–H and O–H groups in total. The average molecular weight is 278 g/mol. The van der Waals surface area contributed by atoms with Gasteiger partial charge in [0.2, 0.25) is 5.91 Å². The summed E-state index contributed by atoms with van der Waals surface area (Å²) in [4.78, 5) is 33.7. The number of anilines is 1. The molecule has 0 fully saturated rings. The lowest BCUT2D eigenvalue weighted by atomic mass is 10.2. The van der Waals surface area contributed by atoms with E-state index < -0.39 is 12.0 Å². The summed E-state index contributed by atoms with van der Waals surface area (Å²) in [5, 5.41) is 5.14. The Labute approximate surface area is 117 Å². The van der Waals surface area contributed by atoms with Crippen LogP contribution in [0.15, 0.2) is 24.3 Å². The van der Waals surface area contributed by atoms with Gasteiger partial charge in [-0.2, -0.15) is 0 Å². The van der Waals surface area contributed by atoms with Gasteiger partial charge in [-0.15, -0.1) is 0 Å². The van der Waals surface area contributed by atoms with E-state index in [0.717, 1.165) is 0 Å². The second-order valence-electron chi connectivity index (χ2n) is 4.64. The summed E-state index contributed by atoms with van der Waals surface area (Å²) in [5.41, 5.74) is 0.464. The van der Waals surface area contributed by atoms with Crippen LogP contribution in [0.25, 0.3) is 0 Å². The predicted octanol–water partition coefficient (Wildman–Crippen LogP) is 2.10. The highest BCUT2D eigenvalue weighted by atomic mass is 16.6. The quantitative estimate of drug-likeness (QED) is 0.808. The first-order chi connectivity index (χ1) is 9.36. The van der Waals surface area contributed by atoms with Crippen LogP contribution in [-0.4, -0.2) is 23.8 Å². The Hall–Kier alpha value is -2.37. The van der Waals surface area contributed by atoms with Crippen molar-refractivity contribution in [3.05, 3.63) is 24.3 Å². The van der Waals surface area contributed by atoms with Crippen molar-refractivity contribution in [2.24, 2.45) is 0 Å². The number of ether oxygens (including phenoxy) is 1. The van der Waals surface area contributed by atoms with Crippen LogP contribution >= 0.6 is 0 Å². The lowest BCUT2D eigenvalue weighted by Gasteiger charge is -2.10. The number of amides is 2. The van der Waals surface area contributed by atoms with E-state index in [0.29, 0.717) is 11.4 Å². The molecule has 1 aromatic carbocycles. The van der Waals surface area contributed by atoms with Crippen molar-refractivity contribution in [3.8, 4) is 5.75 Å². The SMILES string of the molecule is CC(=O)CC(=O)Nc1cccc(OC(=O)NC(C)C)c1. The van der Waals surface area contributed by atoms with Gasteiger partial charge in [-0.25, -0.2) is 4.79 Å². The first-order valence-corrected chi connectivity index (χ1v) is 6.24. The average Bonchev–Trinajstić information content (AvgIpc) is 2.26. The van der Waals surface area contributed by atoms with Gasteiger partial charge in [0, 0.05) is 17.8 Å². The van der Waals surface area contributed by atoms with Crippen LogP contribution in [0.1, 0.15) is 27.2 Å². The van der Waals surface area contributed by atoms with E-state index in [-0.39, 0.29) is 18.2 Å². The number of Topliss-reactive ketones (excluding diaryl/α,β-unsaturated/α-hetero) is 1. The molecule has 1 rings (SSSR count). The molecule has 0 saturated carbocycles. The van der Waals surface area contributed by atoms with E-state index >= 15 is 0 Å². The van der Waals surface area contributed by atoms with Crippen molar-refractivity contribution in [3.63, 3.8) is 0 Å². The molecule has 6 nitrogen and oxygen atoms in total. The van der Waals surface area contributed by atoms with Crippen molar-refractivity contribution in [1.82, 2.24) is 5.32 Å². The van der Waals surface area contributed by atoms with Crippen LogP contribution in [0, 0.1) is 0 Å². The lowest BCUT2D eigenvalue weighted by molar-refractivity contribution is -0.124. The topological polar surface area (TPSA) is 84.5 Å². The first-order valence-electron chi connectivity index (χ1n) is 6.24. The number of hydrogen-bond acceptors (Lipinski definition) is 4. The van der Waals surface area contributed by atoms with Crippen molar-refractivity contribution < 1.29 is 19.1 Å². The Morgan fingerprint density at radius 2 is 1.95 bits per heavy atom. The van der Waals surface area contributed by atoms with Crippen molar-refractivity contribution in [2.75, 3.05) is 5.32 Å². The molecule has 108 valence electrons. The number of carbonyl (C=O) groups is 3. The van der Waals surface area contributed by atoms with Gasteiger partial charge in [0.25, 0.3) is 0 Å². The van der Waals surface area contributed by atoms with E-state index in [4.69, 9.17) is 4.74 Å². The summed E-state index contributed by atoms with van der Waals surface area (Å²) >= 11 is 0. The molecule has 0 spiro atoms. The normalized spacial score (nSPS) is 10.0. The Kier molecular flexibility index (Phi) is 5.71. The van der Waals surface area contributed by atoms with Crippen LogP contribution in [0.2, 0.25) is 0 Å². The number of nitrogens with one attached hydrogen (secondary N) is 2. The predicted molar refractivity (Wildman–Crippen MR) is 74.7 cm³/mol. The molecule has 0 aliphatic carbocycles. The maximum Gasteiger partial charge on any atom is 0.412 e. The van der Waals surface area contributed by atoms with E-state index in [1.807, 2.05) is 13.8 Å². The first kappa shape index (κ1) is 15.7. The molecule has 0 aliphatic heterocycles. The highest BCUT2D eigenvalue weighted by molar-refractivity contribution is 6.03. The van der Waals surface area contributed by atoms with Crippen molar-refractivity contribution >= 4 is 23.5 Å². The van der Waals surface area contributed by atoms with E-state index in [9.17, 15) is 14.4 Å². The molecular weight excluding hydrogens is 260 g/mol. The number of hydrogen-bond donors (Lipinski definition) is 2. The zero-order valence-electron chi connectivity index (χ0n) is 11.7. The zero-order valence-corrected chi connectivity index (χ0v) is 11.7.